The van der Waals surface area contributed by atoms with Crippen molar-refractivity contribution in [3.05, 3.63) is 65.0 Å². The number of benzene rings is 2. The Morgan fingerprint density at radius 2 is 1.81 bits per heavy atom. The highest BCUT2D eigenvalue weighted by molar-refractivity contribution is 7.89. The van der Waals surface area contributed by atoms with E-state index in [1.54, 1.807) is 33.8 Å². The number of ether oxygens (including phenoxy) is 1. The second-order valence-corrected chi connectivity index (χ2v) is 9.92. The molecule has 31 heavy (non-hydrogen) atoms. The van der Waals surface area contributed by atoms with Gasteiger partial charge in [0.2, 0.25) is 15.8 Å². The maximum absolute atomic E-state index is 12.6. The third kappa shape index (κ3) is 5.56. The van der Waals surface area contributed by atoms with Gasteiger partial charge in [-0.1, -0.05) is 35.5 Å². The molecule has 0 radical (unpaired) electrons. The van der Waals surface area contributed by atoms with Gasteiger partial charge in [0.25, 0.3) is 5.89 Å². The van der Waals surface area contributed by atoms with E-state index >= 15 is 0 Å². The Bertz CT molecular complexity index is 1210. The van der Waals surface area contributed by atoms with Crippen LogP contribution in [0.3, 0.4) is 0 Å². The number of sulfonamides is 1. The van der Waals surface area contributed by atoms with Crippen molar-refractivity contribution < 1.29 is 22.5 Å². The van der Waals surface area contributed by atoms with E-state index in [0.717, 1.165) is 11.1 Å². The lowest BCUT2D eigenvalue weighted by Gasteiger charge is -2.20. The Morgan fingerprint density at radius 3 is 2.48 bits per heavy atom. The van der Waals surface area contributed by atoms with E-state index in [9.17, 15) is 13.2 Å². The van der Waals surface area contributed by atoms with Gasteiger partial charge < -0.3 is 9.26 Å². The summed E-state index contributed by atoms with van der Waals surface area (Å²) in [6.45, 7) is 8.63. The molecular weight excluding hydrogens is 418 g/mol. The van der Waals surface area contributed by atoms with Crippen LogP contribution in [-0.4, -0.2) is 30.1 Å². The van der Waals surface area contributed by atoms with Crippen molar-refractivity contribution in [3.8, 4) is 11.4 Å². The Hall–Kier alpha value is -3.04. The molecule has 8 nitrogen and oxygen atoms in total. The van der Waals surface area contributed by atoms with Gasteiger partial charge in [-0.3, -0.25) is 0 Å². The summed E-state index contributed by atoms with van der Waals surface area (Å²) in [5.41, 5.74) is 1.89. The molecule has 2 aromatic carbocycles. The number of aromatic nitrogens is 2. The zero-order valence-corrected chi connectivity index (χ0v) is 18.9. The van der Waals surface area contributed by atoms with Crippen molar-refractivity contribution >= 4 is 16.0 Å². The van der Waals surface area contributed by atoms with Crippen molar-refractivity contribution in [3.63, 3.8) is 0 Å². The van der Waals surface area contributed by atoms with Gasteiger partial charge in [0.1, 0.15) is 0 Å². The molecule has 0 saturated heterocycles. The molecule has 0 aliphatic heterocycles. The predicted octanol–water partition coefficient (Wildman–Crippen LogP) is 3.79. The van der Waals surface area contributed by atoms with Crippen molar-refractivity contribution in [1.29, 1.82) is 0 Å². The van der Waals surface area contributed by atoms with Crippen LogP contribution in [0.4, 0.5) is 0 Å². The van der Waals surface area contributed by atoms with Gasteiger partial charge >= 0.3 is 5.97 Å². The van der Waals surface area contributed by atoms with Crippen LogP contribution in [0.5, 0.6) is 0 Å². The molecule has 9 heteroatoms. The van der Waals surface area contributed by atoms with Gasteiger partial charge in [-0.2, -0.15) is 4.98 Å². The predicted molar refractivity (Wildman–Crippen MR) is 115 cm³/mol. The highest BCUT2D eigenvalue weighted by Crippen LogP contribution is 2.21. The Balaban J connectivity index is 1.75. The number of esters is 1. The molecule has 1 heterocycles. The fourth-order valence-electron chi connectivity index (χ4n) is 2.90. The maximum Gasteiger partial charge on any atom is 0.338 e. The molecule has 0 atom stereocenters. The maximum atomic E-state index is 12.6. The van der Waals surface area contributed by atoms with Crippen LogP contribution >= 0.6 is 0 Å². The average Bonchev–Trinajstić information content (AvgIpc) is 3.13. The van der Waals surface area contributed by atoms with E-state index in [1.165, 1.54) is 12.1 Å². The highest BCUT2D eigenvalue weighted by Gasteiger charge is 2.24. The molecule has 3 aromatic rings. The van der Waals surface area contributed by atoms with Crippen molar-refractivity contribution in [2.75, 3.05) is 0 Å². The topological polar surface area (TPSA) is 111 Å². The van der Waals surface area contributed by atoms with Crippen LogP contribution in [0.15, 0.2) is 51.9 Å². The van der Waals surface area contributed by atoms with Crippen molar-refractivity contribution in [1.82, 2.24) is 14.9 Å². The lowest BCUT2D eigenvalue weighted by Crippen LogP contribution is -2.40. The number of carbonyl (C=O) groups is 1. The molecular formula is C22H25N3O5S. The lowest BCUT2D eigenvalue weighted by atomic mass is 10.1. The summed E-state index contributed by atoms with van der Waals surface area (Å²) in [7, 11) is -3.79. The first-order chi connectivity index (χ1) is 14.5. The number of hydrogen-bond acceptors (Lipinski definition) is 7. The van der Waals surface area contributed by atoms with E-state index in [-0.39, 0.29) is 23.0 Å². The molecule has 1 aromatic heterocycles. The summed E-state index contributed by atoms with van der Waals surface area (Å²) in [5, 5.41) is 3.93. The molecule has 0 aliphatic carbocycles. The molecule has 0 saturated carbocycles. The molecule has 164 valence electrons. The Morgan fingerprint density at radius 1 is 1.10 bits per heavy atom. The quantitative estimate of drug-likeness (QED) is 0.577. The third-order valence-electron chi connectivity index (χ3n) is 4.36. The number of aryl methyl sites for hydroxylation is 2. The lowest BCUT2D eigenvalue weighted by molar-refractivity contribution is 0.0428. The first-order valence-corrected chi connectivity index (χ1v) is 11.1. The van der Waals surface area contributed by atoms with Gasteiger partial charge in [-0.25, -0.2) is 17.9 Å². The first-order valence-electron chi connectivity index (χ1n) is 9.66. The second kappa shape index (κ2) is 8.60. The van der Waals surface area contributed by atoms with E-state index in [0.29, 0.717) is 11.4 Å². The molecule has 1 N–H and O–H groups in total. The summed E-state index contributed by atoms with van der Waals surface area (Å²) in [6.07, 6.45) is 0. The van der Waals surface area contributed by atoms with Crippen molar-refractivity contribution in [2.24, 2.45) is 0 Å². The van der Waals surface area contributed by atoms with E-state index in [4.69, 9.17) is 9.26 Å². The van der Waals surface area contributed by atoms with Crippen LogP contribution in [0.1, 0.15) is 48.1 Å². The van der Waals surface area contributed by atoms with Gasteiger partial charge in [-0.15, -0.1) is 0 Å². The minimum Gasteiger partial charge on any atom is -0.452 e. The number of rotatable bonds is 6. The Kier molecular flexibility index (Phi) is 6.28. The number of hydrogen-bond donors (Lipinski definition) is 1. The molecule has 0 amide bonds. The van der Waals surface area contributed by atoms with Crippen molar-refractivity contribution in [2.45, 2.75) is 51.7 Å². The van der Waals surface area contributed by atoms with Crippen LogP contribution < -0.4 is 4.72 Å². The fourth-order valence-corrected chi connectivity index (χ4v) is 4.35. The van der Waals surface area contributed by atoms with E-state index in [2.05, 4.69) is 14.9 Å². The molecule has 0 unspecified atom stereocenters. The smallest absolute Gasteiger partial charge is 0.338 e. The average molecular weight is 444 g/mol. The molecule has 0 bridgehead atoms. The standard InChI is InChI=1S/C22H25N3O5S/c1-14-8-6-7-9-17(14)20-23-19(30-24-20)13-29-21(26)18-12-16(11-10-15(18)2)31(27,28)25-22(3,4)5/h6-12,25H,13H2,1-5H3. The summed E-state index contributed by atoms with van der Waals surface area (Å²) >= 11 is 0. The summed E-state index contributed by atoms with van der Waals surface area (Å²) < 4.78 is 38.2. The number of nitrogens with one attached hydrogen (secondary N) is 1. The van der Waals surface area contributed by atoms with Crippen LogP contribution in [0.25, 0.3) is 11.4 Å². The summed E-state index contributed by atoms with van der Waals surface area (Å²) in [4.78, 5) is 16.9. The molecule has 0 aliphatic rings. The van der Waals surface area contributed by atoms with Crippen LogP contribution in [0, 0.1) is 13.8 Å². The van der Waals surface area contributed by atoms with E-state index < -0.39 is 21.5 Å². The largest absolute Gasteiger partial charge is 0.452 e. The minimum absolute atomic E-state index is 0.0143. The van der Waals surface area contributed by atoms with Gasteiger partial charge in [0.15, 0.2) is 6.61 Å². The summed E-state index contributed by atoms with van der Waals surface area (Å²) in [5.74, 6) is -0.134. The Labute approximate surface area is 181 Å². The zero-order valence-electron chi connectivity index (χ0n) is 18.1. The monoisotopic (exact) mass is 443 g/mol. The zero-order chi connectivity index (χ0) is 22.8. The minimum atomic E-state index is -3.79. The molecule has 3 rings (SSSR count). The number of carbonyl (C=O) groups excluding carboxylic acids is 1. The third-order valence-corrected chi connectivity index (χ3v) is 6.12. The molecule has 0 fully saturated rings. The highest BCUT2D eigenvalue weighted by atomic mass is 32.2. The number of nitrogens with zero attached hydrogens (tertiary/aromatic N) is 2. The van der Waals surface area contributed by atoms with Gasteiger partial charge in [0, 0.05) is 11.1 Å². The van der Waals surface area contributed by atoms with Gasteiger partial charge in [-0.05, 0) is 57.9 Å². The van der Waals surface area contributed by atoms with Crippen LogP contribution in [0.2, 0.25) is 0 Å². The van der Waals surface area contributed by atoms with E-state index in [1.807, 2.05) is 31.2 Å². The second-order valence-electron chi connectivity index (χ2n) is 8.24. The van der Waals surface area contributed by atoms with Crippen LogP contribution in [-0.2, 0) is 21.4 Å². The SMILES string of the molecule is Cc1ccc(S(=O)(=O)NC(C)(C)C)cc1C(=O)OCc1nc(-c2ccccc2C)no1. The molecule has 0 spiro atoms. The first kappa shape index (κ1) is 22.6. The van der Waals surface area contributed by atoms with Gasteiger partial charge in [0.05, 0.1) is 10.5 Å². The summed E-state index contributed by atoms with van der Waals surface area (Å²) in [6, 6.07) is 11.9. The fraction of sp³-hybridized carbons (Fsp3) is 0.318. The normalized spacial score (nSPS) is 12.0.